The van der Waals surface area contributed by atoms with Gasteiger partial charge in [-0.2, -0.15) is 0 Å². The van der Waals surface area contributed by atoms with Gasteiger partial charge in [-0.05, 0) is 18.7 Å². The zero-order valence-electron chi connectivity index (χ0n) is 8.99. The summed E-state index contributed by atoms with van der Waals surface area (Å²) in [4.78, 5) is 10.9. The summed E-state index contributed by atoms with van der Waals surface area (Å²) in [6.45, 7) is 2.31. The number of rotatable bonds is 5. The molecule has 1 N–H and O–H groups in total. The molecule has 0 amide bonds. The molecule has 0 saturated carbocycles. The lowest BCUT2D eigenvalue weighted by Gasteiger charge is -2.07. The summed E-state index contributed by atoms with van der Waals surface area (Å²) < 4.78 is 0. The van der Waals surface area contributed by atoms with Crippen LogP contribution in [0.4, 0.5) is 0 Å². The molecular formula is C12H15NOS. The van der Waals surface area contributed by atoms with E-state index in [4.69, 9.17) is 0 Å². The predicted octanol–water partition coefficient (Wildman–Crippen LogP) is 2.57. The van der Waals surface area contributed by atoms with Crippen LogP contribution < -0.4 is 5.32 Å². The lowest BCUT2D eigenvalue weighted by Crippen LogP contribution is -2.11. The first-order valence-corrected chi connectivity index (χ1v) is 5.99. The van der Waals surface area contributed by atoms with Crippen LogP contribution in [-0.2, 0) is 11.3 Å². The maximum atomic E-state index is 10.9. The molecule has 0 atom stereocenters. The van der Waals surface area contributed by atoms with Crippen LogP contribution in [-0.4, -0.2) is 12.0 Å². The Kier molecular flexibility index (Phi) is 4.98. The van der Waals surface area contributed by atoms with Crippen molar-refractivity contribution >= 4 is 17.5 Å². The molecule has 15 heavy (non-hydrogen) atoms. The van der Waals surface area contributed by atoms with E-state index < -0.39 is 0 Å². The zero-order chi connectivity index (χ0) is 11.1. The van der Waals surface area contributed by atoms with Gasteiger partial charge in [0.05, 0.1) is 5.03 Å². The van der Waals surface area contributed by atoms with Crippen LogP contribution >= 0.6 is 11.8 Å². The minimum Gasteiger partial charge on any atom is -0.376 e. The van der Waals surface area contributed by atoms with E-state index in [1.807, 2.05) is 24.5 Å². The van der Waals surface area contributed by atoms with Crippen LogP contribution in [0.2, 0.25) is 0 Å². The molecule has 0 aliphatic carbocycles. The Balaban J connectivity index is 2.52. The number of carbonyl (C=O) groups is 1. The van der Waals surface area contributed by atoms with E-state index in [2.05, 4.69) is 17.4 Å². The second kappa shape index (κ2) is 6.30. The summed E-state index contributed by atoms with van der Waals surface area (Å²) in [5, 5.41) is 4.13. The Hall–Kier alpha value is -1.22. The minimum atomic E-state index is 0.0694. The fraction of sp³-hybridized carbons (Fsp3) is 0.250. The van der Waals surface area contributed by atoms with Crippen molar-refractivity contribution in [3.8, 4) is 0 Å². The van der Waals surface area contributed by atoms with Crippen LogP contribution in [0.3, 0.4) is 0 Å². The summed E-state index contributed by atoms with van der Waals surface area (Å²) >= 11 is 1.55. The summed E-state index contributed by atoms with van der Waals surface area (Å²) in [5.74, 6) is 0.0694. The fourth-order valence-electron chi connectivity index (χ4n) is 1.15. The number of nitrogens with one attached hydrogen (secondary N) is 1. The SMILES string of the molecule is CS/C(=C\C(C)=O)NCc1ccccc1. The van der Waals surface area contributed by atoms with Crippen LogP contribution in [0.25, 0.3) is 0 Å². The van der Waals surface area contributed by atoms with Gasteiger partial charge in [0.1, 0.15) is 0 Å². The Bertz CT molecular complexity index is 346. The van der Waals surface area contributed by atoms with Gasteiger partial charge in [-0.1, -0.05) is 30.3 Å². The molecular weight excluding hydrogens is 206 g/mol. The first kappa shape index (κ1) is 11.9. The molecule has 0 spiro atoms. The van der Waals surface area contributed by atoms with Gasteiger partial charge in [-0.25, -0.2) is 0 Å². The van der Waals surface area contributed by atoms with E-state index in [-0.39, 0.29) is 5.78 Å². The normalized spacial score (nSPS) is 11.2. The smallest absolute Gasteiger partial charge is 0.155 e. The van der Waals surface area contributed by atoms with E-state index in [0.717, 1.165) is 11.6 Å². The second-order valence-corrected chi connectivity index (χ2v) is 4.01. The van der Waals surface area contributed by atoms with Gasteiger partial charge in [0.25, 0.3) is 0 Å². The number of thioether (sulfide) groups is 1. The summed E-state index contributed by atoms with van der Waals surface area (Å²) in [6, 6.07) is 10.1. The third-order valence-electron chi connectivity index (χ3n) is 1.86. The van der Waals surface area contributed by atoms with E-state index in [9.17, 15) is 4.79 Å². The summed E-state index contributed by atoms with van der Waals surface area (Å²) in [5.41, 5.74) is 1.21. The Morgan fingerprint density at radius 3 is 2.60 bits per heavy atom. The van der Waals surface area contributed by atoms with Gasteiger partial charge >= 0.3 is 0 Å². The topological polar surface area (TPSA) is 29.1 Å². The molecule has 2 nitrogen and oxygen atoms in total. The van der Waals surface area contributed by atoms with Gasteiger partial charge in [0, 0.05) is 12.6 Å². The molecule has 0 heterocycles. The Labute approximate surface area is 94.8 Å². The lowest BCUT2D eigenvalue weighted by atomic mass is 10.2. The van der Waals surface area contributed by atoms with E-state index in [1.165, 1.54) is 5.56 Å². The van der Waals surface area contributed by atoms with E-state index in [1.54, 1.807) is 24.8 Å². The van der Waals surface area contributed by atoms with Gasteiger partial charge in [-0.15, -0.1) is 11.8 Å². The fourth-order valence-corrected chi connectivity index (χ4v) is 1.65. The minimum absolute atomic E-state index is 0.0694. The van der Waals surface area contributed by atoms with Gasteiger partial charge in [0.15, 0.2) is 5.78 Å². The highest BCUT2D eigenvalue weighted by molar-refractivity contribution is 8.02. The molecule has 80 valence electrons. The molecule has 0 bridgehead atoms. The maximum absolute atomic E-state index is 10.9. The number of hydrogen-bond acceptors (Lipinski definition) is 3. The summed E-state index contributed by atoms with van der Waals surface area (Å²) in [6.07, 6.45) is 3.57. The molecule has 0 aromatic heterocycles. The molecule has 0 fully saturated rings. The van der Waals surface area contributed by atoms with Crippen molar-refractivity contribution in [3.63, 3.8) is 0 Å². The van der Waals surface area contributed by atoms with Crippen molar-refractivity contribution in [3.05, 3.63) is 47.0 Å². The van der Waals surface area contributed by atoms with Crippen LogP contribution in [0.15, 0.2) is 41.4 Å². The average molecular weight is 221 g/mol. The van der Waals surface area contributed by atoms with Gasteiger partial charge in [0.2, 0.25) is 0 Å². The maximum Gasteiger partial charge on any atom is 0.155 e. The second-order valence-electron chi connectivity index (χ2n) is 3.16. The standard InChI is InChI=1S/C12H15NOS/c1-10(14)8-12(15-2)13-9-11-6-4-3-5-7-11/h3-8,13H,9H2,1-2H3/b12-8-. The molecule has 0 saturated heterocycles. The van der Waals surface area contributed by atoms with Crippen LogP contribution in [0, 0.1) is 0 Å². The van der Waals surface area contributed by atoms with E-state index >= 15 is 0 Å². The zero-order valence-corrected chi connectivity index (χ0v) is 9.80. The predicted molar refractivity (Wildman–Crippen MR) is 65.6 cm³/mol. The summed E-state index contributed by atoms with van der Waals surface area (Å²) in [7, 11) is 0. The monoisotopic (exact) mass is 221 g/mol. The Morgan fingerprint density at radius 2 is 2.07 bits per heavy atom. The molecule has 1 rings (SSSR count). The van der Waals surface area contributed by atoms with Crippen LogP contribution in [0.1, 0.15) is 12.5 Å². The molecule has 0 aliphatic heterocycles. The molecule has 0 radical (unpaired) electrons. The highest BCUT2D eigenvalue weighted by Gasteiger charge is 1.96. The van der Waals surface area contributed by atoms with Crippen molar-refractivity contribution in [1.29, 1.82) is 0 Å². The van der Waals surface area contributed by atoms with Crippen LogP contribution in [0.5, 0.6) is 0 Å². The lowest BCUT2D eigenvalue weighted by molar-refractivity contribution is -0.112. The van der Waals surface area contributed by atoms with Crippen molar-refractivity contribution in [2.24, 2.45) is 0 Å². The first-order valence-electron chi connectivity index (χ1n) is 4.76. The number of carbonyl (C=O) groups excluding carboxylic acids is 1. The molecule has 0 unspecified atom stereocenters. The average Bonchev–Trinajstić information content (AvgIpc) is 2.25. The highest BCUT2D eigenvalue weighted by Crippen LogP contribution is 2.09. The van der Waals surface area contributed by atoms with Crippen molar-refractivity contribution in [1.82, 2.24) is 5.32 Å². The number of hydrogen-bond donors (Lipinski definition) is 1. The first-order chi connectivity index (χ1) is 7.22. The highest BCUT2D eigenvalue weighted by atomic mass is 32.2. The van der Waals surface area contributed by atoms with Crippen molar-refractivity contribution in [2.75, 3.05) is 6.26 Å². The Morgan fingerprint density at radius 1 is 1.40 bits per heavy atom. The molecule has 1 aromatic rings. The molecule has 1 aromatic carbocycles. The van der Waals surface area contributed by atoms with Gasteiger partial charge < -0.3 is 5.32 Å². The third kappa shape index (κ3) is 4.70. The van der Waals surface area contributed by atoms with E-state index in [0.29, 0.717) is 0 Å². The van der Waals surface area contributed by atoms with Gasteiger partial charge in [-0.3, -0.25) is 4.79 Å². The molecule has 3 heteroatoms. The number of allylic oxidation sites excluding steroid dienone is 1. The third-order valence-corrected chi connectivity index (χ3v) is 2.57. The van der Waals surface area contributed by atoms with Crippen molar-refractivity contribution in [2.45, 2.75) is 13.5 Å². The largest absolute Gasteiger partial charge is 0.376 e. The quantitative estimate of drug-likeness (QED) is 0.775. The molecule has 0 aliphatic rings. The number of ketones is 1. The number of benzene rings is 1. The van der Waals surface area contributed by atoms with Crippen molar-refractivity contribution < 1.29 is 4.79 Å².